The Bertz CT molecular complexity index is 1230. The van der Waals surface area contributed by atoms with E-state index < -0.39 is 17.1 Å². The first kappa shape index (κ1) is 22.1. The van der Waals surface area contributed by atoms with E-state index in [4.69, 9.17) is 23.7 Å². The second kappa shape index (κ2) is 7.95. The third-order valence-electron chi connectivity index (χ3n) is 6.90. The van der Waals surface area contributed by atoms with Crippen molar-refractivity contribution in [2.75, 3.05) is 21.0 Å². The summed E-state index contributed by atoms with van der Waals surface area (Å²) in [6.45, 7) is 6.21. The van der Waals surface area contributed by atoms with Crippen LogP contribution in [0.1, 0.15) is 30.4 Å². The van der Waals surface area contributed by atoms with E-state index in [9.17, 15) is 9.90 Å². The van der Waals surface area contributed by atoms with Crippen LogP contribution in [0, 0.1) is 0 Å². The second-order valence-electron chi connectivity index (χ2n) is 8.53. The molecule has 7 heteroatoms. The van der Waals surface area contributed by atoms with Gasteiger partial charge in [0, 0.05) is 24.5 Å². The molecule has 1 N–H and O–H groups in total. The van der Waals surface area contributed by atoms with Gasteiger partial charge in [-0.05, 0) is 24.1 Å². The number of Topliss-reactive ketones (excluding diaryl/α,β-unsaturated/α-hetero) is 1. The van der Waals surface area contributed by atoms with Crippen LogP contribution in [0.5, 0.6) is 17.2 Å². The Morgan fingerprint density at radius 1 is 1.18 bits per heavy atom. The Morgan fingerprint density at radius 3 is 2.59 bits per heavy atom. The number of carbonyl (C=O) groups excluding carboxylic acids is 1. The molecular weight excluding hydrogens is 436 g/mol. The van der Waals surface area contributed by atoms with Crippen molar-refractivity contribution in [3.63, 3.8) is 0 Å². The maximum atomic E-state index is 13.6. The molecule has 0 amide bonds. The zero-order valence-corrected chi connectivity index (χ0v) is 19.3. The summed E-state index contributed by atoms with van der Waals surface area (Å²) in [5.74, 6) is 1.44. The highest BCUT2D eigenvalue weighted by atomic mass is 16.7. The SMILES string of the molecule is C=C(/C=C\C1=C(C)OCO1)[C@@]12Oc3cc(OC)cc(OC)c3[C@]1(O)C(=O)C[C@H]2c1ccccc1. The molecule has 7 nitrogen and oxygen atoms in total. The smallest absolute Gasteiger partial charge is 0.230 e. The zero-order chi connectivity index (χ0) is 24.1. The molecule has 0 aromatic heterocycles. The summed E-state index contributed by atoms with van der Waals surface area (Å²) in [5.41, 5.74) is -1.96. The minimum absolute atomic E-state index is 0.0728. The molecule has 0 spiro atoms. The minimum atomic E-state index is -2.02. The summed E-state index contributed by atoms with van der Waals surface area (Å²) in [5, 5.41) is 12.3. The quantitative estimate of drug-likeness (QED) is 0.647. The molecule has 1 saturated carbocycles. The molecule has 3 aliphatic rings. The summed E-state index contributed by atoms with van der Waals surface area (Å²) in [6.07, 6.45) is 3.50. The Labute approximate surface area is 197 Å². The molecule has 5 rings (SSSR count). The van der Waals surface area contributed by atoms with E-state index in [0.29, 0.717) is 34.3 Å². The molecule has 3 atom stereocenters. The van der Waals surface area contributed by atoms with E-state index in [-0.39, 0.29) is 24.6 Å². The van der Waals surface area contributed by atoms with Crippen molar-refractivity contribution >= 4 is 5.78 Å². The van der Waals surface area contributed by atoms with E-state index in [2.05, 4.69) is 6.58 Å². The number of allylic oxidation sites excluding steroid dienone is 2. The first-order valence-corrected chi connectivity index (χ1v) is 11.0. The summed E-state index contributed by atoms with van der Waals surface area (Å²) >= 11 is 0. The second-order valence-corrected chi connectivity index (χ2v) is 8.53. The molecule has 34 heavy (non-hydrogen) atoms. The Kier molecular flexibility index (Phi) is 5.17. The van der Waals surface area contributed by atoms with Crippen LogP contribution in [0.4, 0.5) is 0 Å². The lowest BCUT2D eigenvalue weighted by Crippen LogP contribution is -2.54. The van der Waals surface area contributed by atoms with Crippen molar-refractivity contribution < 1.29 is 33.6 Å². The number of ether oxygens (including phenoxy) is 5. The number of fused-ring (bicyclic) bond motifs is 3. The zero-order valence-electron chi connectivity index (χ0n) is 19.3. The van der Waals surface area contributed by atoms with Crippen molar-refractivity contribution in [3.05, 3.63) is 89.4 Å². The highest BCUT2D eigenvalue weighted by Gasteiger charge is 2.74. The Balaban J connectivity index is 1.72. The van der Waals surface area contributed by atoms with Gasteiger partial charge in [-0.3, -0.25) is 4.79 Å². The van der Waals surface area contributed by atoms with E-state index >= 15 is 0 Å². The van der Waals surface area contributed by atoms with E-state index in [1.165, 1.54) is 14.2 Å². The largest absolute Gasteiger partial charge is 0.496 e. The monoisotopic (exact) mass is 462 g/mol. The lowest BCUT2D eigenvalue weighted by molar-refractivity contribution is -0.144. The standard InChI is InChI=1S/C27H26O7/c1-16(10-11-21-17(2)32-15-33-21)27-20(18-8-6-5-7-9-18)14-24(28)26(27,29)25-22(31-4)12-19(30-3)13-23(25)34-27/h5-13,20,29H,1,14-15H2,2-4H3/b11-10-/t20-,26+,27-/m0/s1. The third-order valence-corrected chi connectivity index (χ3v) is 6.90. The minimum Gasteiger partial charge on any atom is -0.496 e. The molecule has 0 saturated heterocycles. The first-order chi connectivity index (χ1) is 16.4. The molecular formula is C27H26O7. The van der Waals surface area contributed by atoms with Crippen LogP contribution in [0.2, 0.25) is 0 Å². The average Bonchev–Trinajstić information content (AvgIpc) is 3.46. The molecule has 2 heterocycles. The third kappa shape index (κ3) is 2.90. The lowest BCUT2D eigenvalue weighted by Gasteiger charge is -2.39. The first-order valence-electron chi connectivity index (χ1n) is 11.0. The van der Waals surface area contributed by atoms with E-state index in [0.717, 1.165) is 5.56 Å². The van der Waals surface area contributed by atoms with Crippen LogP contribution in [0.15, 0.2) is 78.3 Å². The van der Waals surface area contributed by atoms with E-state index in [1.54, 1.807) is 31.2 Å². The van der Waals surface area contributed by atoms with Crippen LogP contribution in [0.3, 0.4) is 0 Å². The molecule has 1 aliphatic carbocycles. The molecule has 2 aromatic carbocycles. The number of hydrogen-bond acceptors (Lipinski definition) is 7. The number of methoxy groups -OCH3 is 2. The van der Waals surface area contributed by atoms with Gasteiger partial charge in [0.25, 0.3) is 0 Å². The molecule has 0 bridgehead atoms. The highest BCUT2D eigenvalue weighted by Crippen LogP contribution is 2.65. The molecule has 0 unspecified atom stereocenters. The van der Waals surface area contributed by atoms with Crippen molar-refractivity contribution in [2.45, 2.75) is 30.5 Å². The Morgan fingerprint density at radius 2 is 1.94 bits per heavy atom. The number of aliphatic hydroxyl groups is 1. The summed E-state index contributed by atoms with van der Waals surface area (Å²) < 4.78 is 28.4. The molecule has 1 fully saturated rings. The van der Waals surface area contributed by atoms with Gasteiger partial charge in [0.2, 0.25) is 6.79 Å². The van der Waals surface area contributed by atoms with Crippen LogP contribution in [-0.4, -0.2) is 37.5 Å². The fraction of sp³-hybridized carbons (Fsp3) is 0.296. The molecule has 0 radical (unpaired) electrons. The number of rotatable bonds is 6. The molecule has 176 valence electrons. The maximum absolute atomic E-state index is 13.6. The summed E-state index contributed by atoms with van der Waals surface area (Å²) in [7, 11) is 3.01. The van der Waals surface area contributed by atoms with Crippen molar-refractivity contribution in [2.24, 2.45) is 0 Å². The predicted octanol–water partition coefficient (Wildman–Crippen LogP) is 4.13. The fourth-order valence-corrected chi connectivity index (χ4v) is 5.24. The fourth-order valence-electron chi connectivity index (χ4n) is 5.24. The van der Waals surface area contributed by atoms with Gasteiger partial charge in [0.05, 0.1) is 19.8 Å². The predicted molar refractivity (Wildman–Crippen MR) is 124 cm³/mol. The van der Waals surface area contributed by atoms with Gasteiger partial charge in [0.1, 0.15) is 23.0 Å². The van der Waals surface area contributed by atoms with Crippen LogP contribution < -0.4 is 14.2 Å². The van der Waals surface area contributed by atoms with Gasteiger partial charge >= 0.3 is 0 Å². The number of hydrogen-bond donors (Lipinski definition) is 1. The van der Waals surface area contributed by atoms with Gasteiger partial charge in [-0.15, -0.1) is 0 Å². The van der Waals surface area contributed by atoms with Gasteiger partial charge in [-0.25, -0.2) is 0 Å². The normalized spacial score (nSPS) is 27.2. The summed E-state index contributed by atoms with van der Waals surface area (Å²) in [6, 6.07) is 12.8. The van der Waals surface area contributed by atoms with Gasteiger partial charge < -0.3 is 28.8 Å². The van der Waals surface area contributed by atoms with Gasteiger partial charge in [-0.1, -0.05) is 43.0 Å². The lowest BCUT2D eigenvalue weighted by atomic mass is 9.71. The van der Waals surface area contributed by atoms with Crippen molar-refractivity contribution in [1.82, 2.24) is 0 Å². The van der Waals surface area contributed by atoms with E-state index in [1.807, 2.05) is 30.3 Å². The number of ketones is 1. The van der Waals surface area contributed by atoms with Crippen LogP contribution >= 0.6 is 0 Å². The van der Waals surface area contributed by atoms with Gasteiger partial charge in [0.15, 0.2) is 22.7 Å². The van der Waals surface area contributed by atoms with Crippen LogP contribution in [-0.2, 0) is 19.9 Å². The molecule has 2 aromatic rings. The highest BCUT2D eigenvalue weighted by molar-refractivity contribution is 5.98. The molecule has 2 aliphatic heterocycles. The Hall–Kier alpha value is -3.71. The maximum Gasteiger partial charge on any atom is 0.230 e. The van der Waals surface area contributed by atoms with Crippen molar-refractivity contribution in [3.8, 4) is 17.2 Å². The number of benzene rings is 2. The van der Waals surface area contributed by atoms with Crippen LogP contribution in [0.25, 0.3) is 0 Å². The summed E-state index contributed by atoms with van der Waals surface area (Å²) in [4.78, 5) is 13.6. The van der Waals surface area contributed by atoms with Gasteiger partial charge in [-0.2, -0.15) is 0 Å². The number of carbonyl (C=O) groups is 1. The topological polar surface area (TPSA) is 83.5 Å². The average molecular weight is 462 g/mol. The van der Waals surface area contributed by atoms with Crippen molar-refractivity contribution in [1.29, 1.82) is 0 Å².